The number of pyridine rings is 4. The van der Waals surface area contributed by atoms with Gasteiger partial charge in [0, 0.05) is 114 Å². The van der Waals surface area contributed by atoms with Gasteiger partial charge in [0.15, 0.2) is 0 Å². The summed E-state index contributed by atoms with van der Waals surface area (Å²) in [6, 6.07) is 41.8. The van der Waals surface area contributed by atoms with Crippen LogP contribution in [0.4, 0.5) is 13.2 Å². The zero-order valence-electron chi connectivity index (χ0n) is 69.6. The molecule has 123 heavy (non-hydrogen) atoms. The lowest BCUT2D eigenvalue weighted by atomic mass is 9.90. The fourth-order valence-electron chi connectivity index (χ4n) is 19.5. The molecule has 634 valence electrons. The fraction of sp³-hybridized carbons (Fsp3) is 0.391. The van der Waals surface area contributed by atoms with Crippen molar-refractivity contribution in [2.45, 2.75) is 180 Å². The smallest absolute Gasteiger partial charge is 0.433 e. The van der Waals surface area contributed by atoms with E-state index in [1.807, 2.05) is 175 Å². The highest BCUT2D eigenvalue weighted by atomic mass is 19.4. The number of amides is 4. The Morgan fingerprint density at radius 3 is 0.976 bits per heavy atom. The van der Waals surface area contributed by atoms with Gasteiger partial charge in [-0.1, -0.05) is 64.7 Å². The number of hydrogen-bond donors (Lipinski definition) is 0. The van der Waals surface area contributed by atoms with E-state index in [2.05, 4.69) is 75.4 Å². The molecule has 0 radical (unpaired) electrons. The number of aromatic nitrogens is 16. The van der Waals surface area contributed by atoms with Crippen LogP contribution in [0.25, 0.3) is 22.7 Å². The Morgan fingerprint density at radius 1 is 0.333 bits per heavy atom. The quantitative estimate of drug-likeness (QED) is 0.0685. The number of alkyl halides is 3. The molecule has 12 atom stereocenters. The highest BCUT2D eigenvalue weighted by Crippen LogP contribution is 2.48. The molecule has 8 aromatic heterocycles. The number of ether oxygens (including phenoxy) is 4. The molecule has 12 aromatic rings. The van der Waals surface area contributed by atoms with Crippen LogP contribution >= 0.6 is 0 Å². The Labute approximate surface area is 709 Å². The summed E-state index contributed by atoms with van der Waals surface area (Å²) in [7, 11) is 0. The molecule has 20 rings (SSSR count). The summed E-state index contributed by atoms with van der Waals surface area (Å²) < 4.78 is 62.3. The molecule has 0 aliphatic carbocycles. The van der Waals surface area contributed by atoms with E-state index in [1.165, 1.54) is 31.3 Å². The van der Waals surface area contributed by atoms with Crippen LogP contribution in [0, 0.1) is 72.1 Å². The highest BCUT2D eigenvalue weighted by molar-refractivity contribution is 6.01. The highest BCUT2D eigenvalue weighted by Gasteiger charge is 2.53. The predicted molar refractivity (Wildman–Crippen MR) is 447 cm³/mol. The summed E-state index contributed by atoms with van der Waals surface area (Å²) >= 11 is 0. The molecular formula is C92H97F3N20O8. The topological polar surface area (TPSA) is 293 Å². The second-order valence-corrected chi connectivity index (χ2v) is 33.4. The molecule has 8 fully saturated rings. The first kappa shape index (κ1) is 82.2. The Bertz CT molecular complexity index is 5570. The molecule has 0 spiro atoms. The van der Waals surface area contributed by atoms with Crippen molar-refractivity contribution < 1.29 is 51.3 Å². The normalized spacial score (nSPS) is 22.4. The minimum Gasteiger partial charge on any atom is -0.477 e. The maximum Gasteiger partial charge on any atom is 0.433 e. The Morgan fingerprint density at radius 2 is 0.650 bits per heavy atom. The Hall–Kier alpha value is -13.1. The lowest BCUT2D eigenvalue weighted by Gasteiger charge is -2.25. The first-order valence-electron chi connectivity index (χ1n) is 42.2. The van der Waals surface area contributed by atoms with Gasteiger partial charge in [0.1, 0.15) is 5.69 Å². The molecule has 16 heterocycles. The number of halogens is 3. The summed E-state index contributed by atoms with van der Waals surface area (Å²) in [5.41, 5.74) is 11.6. The number of carbonyl (C=O) groups is 4. The third-order valence-electron chi connectivity index (χ3n) is 25.1. The zero-order chi connectivity index (χ0) is 85.2. The monoisotopic (exact) mass is 1670 g/mol. The predicted octanol–water partition coefficient (Wildman–Crippen LogP) is 14.1. The van der Waals surface area contributed by atoms with Crippen molar-refractivity contribution in [3.63, 3.8) is 0 Å². The molecule has 8 saturated heterocycles. The van der Waals surface area contributed by atoms with Crippen LogP contribution in [0.1, 0.15) is 163 Å². The lowest BCUT2D eigenvalue weighted by molar-refractivity contribution is -0.141. The van der Waals surface area contributed by atoms with E-state index in [9.17, 15) is 32.3 Å². The van der Waals surface area contributed by atoms with Gasteiger partial charge in [0.2, 0.25) is 23.5 Å². The number of hydrogen-bond acceptors (Lipinski definition) is 20. The fourth-order valence-corrected chi connectivity index (χ4v) is 19.5. The van der Waals surface area contributed by atoms with E-state index in [0.29, 0.717) is 83.2 Å². The third-order valence-corrected chi connectivity index (χ3v) is 25.1. The summed E-state index contributed by atoms with van der Waals surface area (Å²) in [5.74, 6) is 3.01. The van der Waals surface area contributed by atoms with Crippen LogP contribution in [0.15, 0.2) is 195 Å². The summed E-state index contributed by atoms with van der Waals surface area (Å²) in [6.07, 6.45) is 23.6. The van der Waals surface area contributed by atoms with E-state index in [-0.39, 0.29) is 90.4 Å². The van der Waals surface area contributed by atoms with Gasteiger partial charge < -0.3 is 38.5 Å². The van der Waals surface area contributed by atoms with E-state index in [0.717, 1.165) is 139 Å². The van der Waals surface area contributed by atoms with Crippen molar-refractivity contribution >= 4 is 23.6 Å². The van der Waals surface area contributed by atoms with E-state index in [1.54, 1.807) is 55.8 Å². The molecule has 4 amide bonds. The van der Waals surface area contributed by atoms with Gasteiger partial charge >= 0.3 is 6.18 Å². The van der Waals surface area contributed by atoms with E-state index in [4.69, 9.17) is 18.9 Å². The zero-order valence-corrected chi connectivity index (χ0v) is 69.6. The largest absolute Gasteiger partial charge is 0.477 e. The molecule has 8 aliphatic heterocycles. The number of fused-ring (bicyclic) bond motifs is 8. The average Bonchev–Trinajstić information content (AvgIpc) is 1.62. The van der Waals surface area contributed by atoms with Gasteiger partial charge in [0.05, 0.1) is 121 Å². The second kappa shape index (κ2) is 35.5. The first-order chi connectivity index (χ1) is 59.6. The van der Waals surface area contributed by atoms with E-state index < -0.39 is 11.9 Å². The van der Waals surface area contributed by atoms with Crippen molar-refractivity contribution in [1.82, 2.24) is 99.5 Å². The first-order valence-corrected chi connectivity index (χ1v) is 42.2. The number of carbonyl (C=O) groups excluding carboxylic acids is 4. The summed E-state index contributed by atoms with van der Waals surface area (Å²) in [4.78, 5) is 85.3. The summed E-state index contributed by atoms with van der Waals surface area (Å²) in [5, 5.41) is 33.7. The van der Waals surface area contributed by atoms with Crippen molar-refractivity contribution in [2.24, 2.45) is 23.7 Å². The van der Waals surface area contributed by atoms with Gasteiger partial charge in [-0.05, 0) is 203 Å². The van der Waals surface area contributed by atoms with Crippen LogP contribution in [0.2, 0.25) is 0 Å². The number of nitrogens with zero attached hydrogens (tertiary/aromatic N) is 20. The minimum absolute atomic E-state index is 0.0279. The molecule has 8 aliphatic rings. The van der Waals surface area contributed by atoms with Crippen LogP contribution in [-0.4, -0.2) is 198 Å². The maximum atomic E-state index is 13.6. The van der Waals surface area contributed by atoms with Crippen molar-refractivity contribution in [3.8, 4) is 46.3 Å². The standard InChI is InChI=1S/C23H22F3N5O2.3C23H25N5O2/c1-14-5-7-19(31-27-9-10-28-31)17(11-14)22(32)30-16-6-8-18(30)15(12-16)13-33-21-4-2-3-20(29-21)23(24,25)26;1-15-3-6-21(28-25-9-10-26-28)19(11-15)23(29)27-18-5-7-20(27)17(12-18)14-30-22-8-4-16(2)13-24-22;1-15-3-5-21(28-25-9-10-26-28)19(11-15)23(29)27-18-4-6-20(27)17(13-18)14-30-22-12-16(2)7-8-24-22;1-15-6-8-21(28-24-10-11-25-28)19(12-15)23(29)27-18-7-9-20(27)17(13-18)14-30-22-5-3-4-16(2)26-22/h2-5,7,9-11,15-16,18H,6,8,12-13H2,1H3;3-4,6,8-11,13,17-18,20H,5,7,12,14H2,1-2H3;3,5,7-12,17-18,20H,4,6,13-14H2,1-2H3;3-6,8,10-12,17-18,20H,7,9,13-14H2,1-2H3. The molecule has 12 unspecified atom stereocenters. The Kier molecular flexibility index (Phi) is 23.8. The summed E-state index contributed by atoms with van der Waals surface area (Å²) in [6.45, 7) is 15.9. The van der Waals surface area contributed by atoms with Crippen LogP contribution in [0.5, 0.6) is 23.5 Å². The SMILES string of the molecule is Cc1ccc(-n2nccn2)c(C(=O)N2C3CCC2C(COc2cccc(C(F)(F)F)n2)C3)c1.Cc1ccc(-n2nccn2)c(C(=O)N2C3CCC2C(COc2cccc(C)n2)C3)c1.Cc1ccc(OCC2CC3CCC2N3C(=O)c2cc(C)ccc2-n2nccn2)nc1.Cc1ccnc(OCC2CC3CCC2N3C(=O)c2cc(C)ccc2-n2nccn2)c1. The van der Waals surface area contributed by atoms with Crippen LogP contribution in [-0.2, 0) is 6.18 Å². The number of aryl methyl sites for hydroxylation is 7. The number of rotatable bonds is 20. The van der Waals surface area contributed by atoms with Gasteiger partial charge in [-0.15, -0.1) is 0 Å². The average molecular weight is 1670 g/mol. The molecule has 0 saturated carbocycles. The molecule has 4 aromatic carbocycles. The molecule has 0 N–H and O–H groups in total. The van der Waals surface area contributed by atoms with Gasteiger partial charge in [-0.25, -0.2) is 19.9 Å². The Balaban J connectivity index is 0.000000116. The lowest BCUT2D eigenvalue weighted by Crippen LogP contribution is -2.38. The van der Waals surface area contributed by atoms with Crippen molar-refractivity contribution in [1.29, 1.82) is 0 Å². The van der Waals surface area contributed by atoms with E-state index >= 15 is 0 Å². The van der Waals surface area contributed by atoms with Gasteiger partial charge in [-0.2, -0.15) is 73.1 Å². The molecule has 8 bridgehead atoms. The maximum absolute atomic E-state index is 13.6. The molecule has 31 heteroatoms. The van der Waals surface area contributed by atoms with Crippen molar-refractivity contribution in [2.75, 3.05) is 26.4 Å². The molecular weight excluding hydrogens is 1570 g/mol. The van der Waals surface area contributed by atoms with Crippen molar-refractivity contribution in [3.05, 3.63) is 262 Å². The van der Waals surface area contributed by atoms with Crippen LogP contribution < -0.4 is 18.9 Å². The van der Waals surface area contributed by atoms with Gasteiger partial charge in [0.25, 0.3) is 23.6 Å². The molecule has 28 nitrogen and oxygen atoms in total. The minimum atomic E-state index is -4.52. The third kappa shape index (κ3) is 17.7. The number of benzene rings is 4. The second-order valence-electron chi connectivity index (χ2n) is 33.4. The van der Waals surface area contributed by atoms with Gasteiger partial charge in [-0.3, -0.25) is 19.2 Å². The van der Waals surface area contributed by atoms with Crippen LogP contribution in [0.3, 0.4) is 0 Å².